The fourth-order valence-electron chi connectivity index (χ4n) is 1.73. The van der Waals surface area contributed by atoms with E-state index in [4.69, 9.17) is 0 Å². The average Bonchev–Trinajstić information content (AvgIpc) is 2.67. The lowest BCUT2D eigenvalue weighted by Gasteiger charge is -2.08. The van der Waals surface area contributed by atoms with Gasteiger partial charge in [0.05, 0.1) is 0 Å². The molecule has 0 aliphatic carbocycles. The fraction of sp³-hybridized carbons (Fsp3) is 0.154. The second-order valence-electron chi connectivity index (χ2n) is 3.77. The first-order valence-corrected chi connectivity index (χ1v) is 6.65. The number of rotatable bonds is 2. The van der Waals surface area contributed by atoms with Crippen LogP contribution in [0.4, 0.5) is 0 Å². The Balaban J connectivity index is 2.63. The minimum atomic E-state index is 0.771. The second kappa shape index (κ2) is 4.52. The number of hydrogen-bond donors (Lipinski definition) is 0. The van der Waals surface area contributed by atoms with Crippen molar-refractivity contribution in [3.63, 3.8) is 0 Å². The molecule has 0 fully saturated rings. The van der Waals surface area contributed by atoms with Gasteiger partial charge in [-0.25, -0.2) is 0 Å². The van der Waals surface area contributed by atoms with Crippen LogP contribution in [0, 0.1) is 13.8 Å². The quantitative estimate of drug-likeness (QED) is 0.740. The summed E-state index contributed by atoms with van der Waals surface area (Å²) in [5, 5.41) is 4.18. The number of halogens is 1. The molecule has 0 amide bonds. The van der Waals surface area contributed by atoms with E-state index in [2.05, 4.69) is 32.8 Å². The Morgan fingerprint density at radius 2 is 1.88 bits per heavy atom. The van der Waals surface area contributed by atoms with E-state index in [-0.39, 0.29) is 0 Å². The summed E-state index contributed by atoms with van der Waals surface area (Å²) in [6.07, 6.45) is 0.911. The highest BCUT2D eigenvalue weighted by Crippen LogP contribution is 2.34. The molecule has 1 aromatic carbocycles. The monoisotopic (exact) mass is 294 g/mol. The van der Waals surface area contributed by atoms with Gasteiger partial charge < -0.3 is 0 Å². The van der Waals surface area contributed by atoms with Crippen LogP contribution in [0.3, 0.4) is 0 Å². The first-order valence-electron chi connectivity index (χ1n) is 4.92. The molecule has 0 radical (unpaired) electrons. The lowest BCUT2D eigenvalue weighted by Crippen LogP contribution is -1.91. The summed E-state index contributed by atoms with van der Waals surface area (Å²) in [6.45, 7) is 4.00. The normalized spacial score (nSPS) is 10.4. The van der Waals surface area contributed by atoms with Crippen LogP contribution in [-0.2, 0) is 0 Å². The van der Waals surface area contributed by atoms with Gasteiger partial charge in [-0.1, -0.05) is 6.07 Å². The molecule has 1 heterocycles. The van der Waals surface area contributed by atoms with Crippen molar-refractivity contribution in [3.05, 3.63) is 44.1 Å². The van der Waals surface area contributed by atoms with Crippen LogP contribution < -0.4 is 0 Å². The molecule has 0 unspecified atom stereocenters. The van der Waals surface area contributed by atoms with Gasteiger partial charge in [-0.3, -0.25) is 4.79 Å². The maximum Gasteiger partial charge on any atom is 0.150 e. The van der Waals surface area contributed by atoms with Gasteiger partial charge in [0.2, 0.25) is 0 Å². The molecule has 1 nitrogen and oxygen atoms in total. The molecular weight excluding hydrogens is 284 g/mol. The summed E-state index contributed by atoms with van der Waals surface area (Å²) in [7, 11) is 0. The molecule has 16 heavy (non-hydrogen) atoms. The molecule has 0 saturated heterocycles. The van der Waals surface area contributed by atoms with Gasteiger partial charge in [-0.15, -0.1) is 0 Å². The van der Waals surface area contributed by atoms with Crippen LogP contribution >= 0.6 is 27.3 Å². The van der Waals surface area contributed by atoms with E-state index in [0.717, 1.165) is 27.4 Å². The van der Waals surface area contributed by atoms with Crippen LogP contribution in [0.5, 0.6) is 0 Å². The van der Waals surface area contributed by atoms with Crippen LogP contribution in [0.25, 0.3) is 11.1 Å². The van der Waals surface area contributed by atoms with E-state index in [1.807, 2.05) is 19.9 Å². The van der Waals surface area contributed by atoms with Crippen molar-refractivity contribution in [2.45, 2.75) is 13.8 Å². The Morgan fingerprint density at radius 1 is 1.12 bits per heavy atom. The Morgan fingerprint density at radius 3 is 2.44 bits per heavy atom. The molecular formula is C13H11BrOS. The Kier molecular flexibility index (Phi) is 3.26. The minimum absolute atomic E-state index is 0.771. The fourth-order valence-corrected chi connectivity index (χ4v) is 3.24. The summed E-state index contributed by atoms with van der Waals surface area (Å²) in [5.41, 5.74) is 5.31. The highest BCUT2D eigenvalue weighted by atomic mass is 79.9. The van der Waals surface area contributed by atoms with Gasteiger partial charge in [-0.05, 0) is 57.9 Å². The average molecular weight is 295 g/mol. The first kappa shape index (κ1) is 11.6. The lowest BCUT2D eigenvalue weighted by atomic mass is 9.97. The van der Waals surface area contributed by atoms with Crippen molar-refractivity contribution >= 4 is 33.6 Å². The molecule has 3 heteroatoms. The molecule has 0 bridgehead atoms. The molecule has 1 aromatic heterocycles. The molecule has 2 aromatic rings. The van der Waals surface area contributed by atoms with Crippen LogP contribution in [0.2, 0.25) is 0 Å². The Hall–Kier alpha value is -0.930. The molecule has 0 atom stereocenters. The SMILES string of the molecule is Cc1cc(-c2cscc2Br)c(C)cc1C=O. The molecule has 0 saturated carbocycles. The zero-order chi connectivity index (χ0) is 11.7. The zero-order valence-electron chi connectivity index (χ0n) is 9.08. The topological polar surface area (TPSA) is 17.1 Å². The van der Waals surface area contributed by atoms with E-state index in [1.165, 1.54) is 11.1 Å². The first-order chi connectivity index (χ1) is 7.63. The van der Waals surface area contributed by atoms with E-state index in [0.29, 0.717) is 0 Å². The molecule has 82 valence electrons. The van der Waals surface area contributed by atoms with Gasteiger partial charge >= 0.3 is 0 Å². The van der Waals surface area contributed by atoms with Crippen molar-refractivity contribution in [2.75, 3.05) is 0 Å². The van der Waals surface area contributed by atoms with E-state index >= 15 is 0 Å². The smallest absolute Gasteiger partial charge is 0.150 e. The standard InChI is InChI=1S/C13H11BrOS/c1-8-4-11(9(2)3-10(8)5-15)12-6-16-7-13(12)14/h3-7H,1-2H3. The summed E-state index contributed by atoms with van der Waals surface area (Å²) in [4.78, 5) is 10.8. The van der Waals surface area contributed by atoms with Crippen molar-refractivity contribution in [3.8, 4) is 11.1 Å². The predicted molar refractivity (Wildman–Crippen MR) is 72.3 cm³/mol. The number of thiophene rings is 1. The van der Waals surface area contributed by atoms with E-state index in [1.54, 1.807) is 11.3 Å². The van der Waals surface area contributed by atoms with Gasteiger partial charge in [0.15, 0.2) is 0 Å². The Bertz CT molecular complexity index is 543. The van der Waals surface area contributed by atoms with Crippen LogP contribution in [-0.4, -0.2) is 6.29 Å². The third kappa shape index (κ3) is 1.97. The third-order valence-corrected chi connectivity index (χ3v) is 4.35. The van der Waals surface area contributed by atoms with Gasteiger partial charge in [0.25, 0.3) is 0 Å². The highest BCUT2D eigenvalue weighted by Gasteiger charge is 2.09. The maximum atomic E-state index is 10.8. The predicted octanol–water partition coefficient (Wildman–Crippen LogP) is 4.61. The van der Waals surface area contributed by atoms with Crippen molar-refractivity contribution < 1.29 is 4.79 Å². The number of aldehydes is 1. The molecule has 2 rings (SSSR count). The maximum absolute atomic E-state index is 10.8. The van der Waals surface area contributed by atoms with E-state index < -0.39 is 0 Å². The minimum Gasteiger partial charge on any atom is -0.298 e. The van der Waals surface area contributed by atoms with E-state index in [9.17, 15) is 4.79 Å². The number of aryl methyl sites for hydroxylation is 2. The largest absolute Gasteiger partial charge is 0.298 e. The lowest BCUT2D eigenvalue weighted by molar-refractivity contribution is 0.112. The van der Waals surface area contributed by atoms with Crippen molar-refractivity contribution in [1.29, 1.82) is 0 Å². The number of carbonyl (C=O) groups is 1. The molecule has 0 spiro atoms. The second-order valence-corrected chi connectivity index (χ2v) is 5.37. The molecule has 0 aliphatic rings. The molecule has 0 N–H and O–H groups in total. The van der Waals surface area contributed by atoms with Crippen LogP contribution in [0.1, 0.15) is 21.5 Å². The zero-order valence-corrected chi connectivity index (χ0v) is 11.5. The van der Waals surface area contributed by atoms with Gasteiger partial charge in [-0.2, -0.15) is 11.3 Å². The molecule has 0 aliphatic heterocycles. The van der Waals surface area contributed by atoms with Crippen molar-refractivity contribution in [2.24, 2.45) is 0 Å². The highest BCUT2D eigenvalue weighted by molar-refractivity contribution is 9.10. The number of hydrogen-bond acceptors (Lipinski definition) is 2. The summed E-state index contributed by atoms with van der Waals surface area (Å²) < 4.78 is 1.11. The summed E-state index contributed by atoms with van der Waals surface area (Å²) in [5.74, 6) is 0. The third-order valence-electron chi connectivity index (χ3n) is 2.64. The summed E-state index contributed by atoms with van der Waals surface area (Å²) in [6, 6.07) is 4.02. The number of benzene rings is 1. The summed E-state index contributed by atoms with van der Waals surface area (Å²) >= 11 is 5.21. The van der Waals surface area contributed by atoms with Gasteiger partial charge in [0.1, 0.15) is 6.29 Å². The van der Waals surface area contributed by atoms with Crippen molar-refractivity contribution in [1.82, 2.24) is 0 Å². The number of carbonyl (C=O) groups excluding carboxylic acids is 1. The van der Waals surface area contributed by atoms with Crippen LogP contribution in [0.15, 0.2) is 27.4 Å². The Labute approximate surface area is 107 Å². The van der Waals surface area contributed by atoms with Gasteiger partial charge in [0, 0.05) is 21.0 Å².